The summed E-state index contributed by atoms with van der Waals surface area (Å²) in [4.78, 5) is 12.1. The van der Waals surface area contributed by atoms with Crippen LogP contribution in [0.3, 0.4) is 0 Å². The lowest BCUT2D eigenvalue weighted by atomic mass is 10.0. The van der Waals surface area contributed by atoms with Crippen molar-refractivity contribution in [3.8, 4) is 0 Å². The highest BCUT2D eigenvalue weighted by atomic mass is 15.2. The number of anilines is 2. The van der Waals surface area contributed by atoms with Crippen LogP contribution in [0.1, 0.15) is 64.3 Å². The molecule has 1 unspecified atom stereocenters. The monoisotopic (exact) mass is 290 g/mol. The summed E-state index contributed by atoms with van der Waals surface area (Å²) in [7, 11) is 0. The van der Waals surface area contributed by atoms with E-state index in [4.69, 9.17) is 9.97 Å². The van der Waals surface area contributed by atoms with E-state index in [0.717, 1.165) is 49.8 Å². The fourth-order valence-corrected chi connectivity index (χ4v) is 2.99. The van der Waals surface area contributed by atoms with Gasteiger partial charge in [0.25, 0.3) is 0 Å². The van der Waals surface area contributed by atoms with Crippen LogP contribution in [0.2, 0.25) is 0 Å². The highest BCUT2D eigenvalue weighted by molar-refractivity contribution is 5.59. The number of piperidine rings is 1. The standard InChI is InChI=1S/C17H30N4/c1-5-9-15-19-16(18-11-6-2)14(4)17(20-15)21-12-8-7-10-13(21)3/h13H,5-12H2,1-4H3,(H,18,19,20). The van der Waals surface area contributed by atoms with Crippen LogP contribution in [0.5, 0.6) is 0 Å². The second-order valence-electron chi connectivity index (χ2n) is 6.15. The van der Waals surface area contributed by atoms with E-state index in [1.165, 1.54) is 24.8 Å². The first kappa shape index (κ1) is 16.1. The largest absolute Gasteiger partial charge is 0.370 e. The molecule has 0 bridgehead atoms. The molecule has 0 saturated carbocycles. The zero-order chi connectivity index (χ0) is 15.2. The Morgan fingerprint density at radius 2 is 2.00 bits per heavy atom. The summed E-state index contributed by atoms with van der Waals surface area (Å²) in [5.74, 6) is 3.16. The lowest BCUT2D eigenvalue weighted by Crippen LogP contribution is -2.38. The van der Waals surface area contributed by atoms with Gasteiger partial charge in [-0.25, -0.2) is 9.97 Å². The Morgan fingerprint density at radius 3 is 2.67 bits per heavy atom. The van der Waals surface area contributed by atoms with Crippen molar-refractivity contribution in [3.05, 3.63) is 11.4 Å². The molecule has 1 aromatic rings. The Labute approximate surface area is 129 Å². The maximum atomic E-state index is 4.88. The summed E-state index contributed by atoms with van der Waals surface area (Å²) in [6.07, 6.45) is 7.03. The lowest BCUT2D eigenvalue weighted by Gasteiger charge is -2.35. The molecule has 0 spiro atoms. The third kappa shape index (κ3) is 3.86. The number of hydrogen-bond acceptors (Lipinski definition) is 4. The van der Waals surface area contributed by atoms with Crippen molar-refractivity contribution >= 4 is 11.6 Å². The van der Waals surface area contributed by atoms with Crippen molar-refractivity contribution in [3.63, 3.8) is 0 Å². The fraction of sp³-hybridized carbons (Fsp3) is 0.765. The van der Waals surface area contributed by atoms with E-state index in [9.17, 15) is 0 Å². The molecule has 4 nitrogen and oxygen atoms in total. The average molecular weight is 290 g/mol. The van der Waals surface area contributed by atoms with Gasteiger partial charge in [0.15, 0.2) is 0 Å². The van der Waals surface area contributed by atoms with E-state index in [1.807, 2.05) is 0 Å². The topological polar surface area (TPSA) is 41.1 Å². The third-order valence-corrected chi connectivity index (χ3v) is 4.26. The molecule has 1 aliphatic heterocycles. The summed E-state index contributed by atoms with van der Waals surface area (Å²) < 4.78 is 0. The van der Waals surface area contributed by atoms with Gasteiger partial charge in [-0.05, 0) is 46.0 Å². The molecule has 1 fully saturated rings. The molecule has 1 atom stereocenters. The molecule has 21 heavy (non-hydrogen) atoms. The number of hydrogen-bond donors (Lipinski definition) is 1. The zero-order valence-electron chi connectivity index (χ0n) is 14.1. The molecule has 1 saturated heterocycles. The van der Waals surface area contributed by atoms with Gasteiger partial charge in [-0.3, -0.25) is 0 Å². The molecular weight excluding hydrogens is 260 g/mol. The SMILES string of the molecule is CCCNc1nc(CCC)nc(N2CCCCC2C)c1C. The Bertz CT molecular complexity index is 458. The predicted molar refractivity (Wildman–Crippen MR) is 90.2 cm³/mol. The smallest absolute Gasteiger partial charge is 0.137 e. The van der Waals surface area contributed by atoms with E-state index in [-0.39, 0.29) is 0 Å². The molecule has 0 amide bonds. The molecular formula is C17H30N4. The molecule has 118 valence electrons. The summed E-state index contributed by atoms with van der Waals surface area (Å²) >= 11 is 0. The third-order valence-electron chi connectivity index (χ3n) is 4.26. The Morgan fingerprint density at radius 1 is 1.19 bits per heavy atom. The second kappa shape index (κ2) is 7.62. The van der Waals surface area contributed by atoms with Crippen molar-refractivity contribution in [2.45, 2.75) is 72.3 Å². The van der Waals surface area contributed by atoms with E-state index >= 15 is 0 Å². The van der Waals surface area contributed by atoms with Gasteiger partial charge in [0, 0.05) is 31.1 Å². The van der Waals surface area contributed by atoms with Gasteiger partial charge >= 0.3 is 0 Å². The minimum Gasteiger partial charge on any atom is -0.370 e. The number of aromatic nitrogens is 2. The van der Waals surface area contributed by atoms with Crippen molar-refractivity contribution in [1.29, 1.82) is 0 Å². The van der Waals surface area contributed by atoms with Gasteiger partial charge in [-0.2, -0.15) is 0 Å². The van der Waals surface area contributed by atoms with Crippen molar-refractivity contribution in [2.75, 3.05) is 23.3 Å². The molecule has 1 aromatic heterocycles. The molecule has 0 aromatic carbocycles. The lowest BCUT2D eigenvalue weighted by molar-refractivity contribution is 0.479. The Kier molecular flexibility index (Phi) is 5.83. The van der Waals surface area contributed by atoms with Crippen molar-refractivity contribution < 1.29 is 0 Å². The van der Waals surface area contributed by atoms with Gasteiger partial charge in [0.2, 0.25) is 0 Å². The van der Waals surface area contributed by atoms with Crippen LogP contribution in [0.15, 0.2) is 0 Å². The summed E-state index contributed by atoms with van der Waals surface area (Å²) in [5.41, 5.74) is 1.21. The molecule has 2 heterocycles. The second-order valence-corrected chi connectivity index (χ2v) is 6.15. The molecule has 2 rings (SSSR count). The van der Waals surface area contributed by atoms with E-state index < -0.39 is 0 Å². The van der Waals surface area contributed by atoms with Crippen LogP contribution in [0, 0.1) is 6.92 Å². The van der Waals surface area contributed by atoms with Gasteiger partial charge in [0.1, 0.15) is 17.5 Å². The van der Waals surface area contributed by atoms with E-state index in [0.29, 0.717) is 6.04 Å². The highest BCUT2D eigenvalue weighted by Gasteiger charge is 2.23. The average Bonchev–Trinajstić information content (AvgIpc) is 2.48. The Balaban J connectivity index is 2.34. The quantitative estimate of drug-likeness (QED) is 0.861. The fourth-order valence-electron chi connectivity index (χ4n) is 2.99. The van der Waals surface area contributed by atoms with Crippen molar-refractivity contribution in [1.82, 2.24) is 9.97 Å². The summed E-state index contributed by atoms with van der Waals surface area (Å²) in [6.45, 7) is 10.9. The highest BCUT2D eigenvalue weighted by Crippen LogP contribution is 2.29. The first-order valence-electron chi connectivity index (χ1n) is 8.55. The predicted octanol–water partition coefficient (Wildman–Crippen LogP) is 3.94. The van der Waals surface area contributed by atoms with Gasteiger partial charge < -0.3 is 10.2 Å². The van der Waals surface area contributed by atoms with Gasteiger partial charge in [0.05, 0.1) is 0 Å². The van der Waals surface area contributed by atoms with Crippen LogP contribution >= 0.6 is 0 Å². The number of rotatable bonds is 6. The van der Waals surface area contributed by atoms with Crippen LogP contribution in [-0.2, 0) is 6.42 Å². The van der Waals surface area contributed by atoms with Crippen LogP contribution < -0.4 is 10.2 Å². The van der Waals surface area contributed by atoms with Gasteiger partial charge in [-0.1, -0.05) is 13.8 Å². The molecule has 1 aliphatic rings. The van der Waals surface area contributed by atoms with E-state index in [1.54, 1.807) is 0 Å². The maximum absolute atomic E-state index is 4.88. The Hall–Kier alpha value is -1.32. The zero-order valence-corrected chi connectivity index (χ0v) is 14.1. The van der Waals surface area contributed by atoms with Gasteiger partial charge in [-0.15, -0.1) is 0 Å². The molecule has 4 heteroatoms. The first-order chi connectivity index (χ1) is 10.2. The molecule has 0 radical (unpaired) electrons. The molecule has 1 N–H and O–H groups in total. The normalized spacial score (nSPS) is 18.9. The van der Waals surface area contributed by atoms with Crippen LogP contribution in [0.4, 0.5) is 11.6 Å². The van der Waals surface area contributed by atoms with E-state index in [2.05, 4.69) is 37.9 Å². The summed E-state index contributed by atoms with van der Waals surface area (Å²) in [6, 6.07) is 0.584. The minimum absolute atomic E-state index is 0.584. The number of aryl methyl sites for hydroxylation is 1. The number of nitrogens with one attached hydrogen (secondary N) is 1. The summed E-state index contributed by atoms with van der Waals surface area (Å²) in [5, 5.41) is 3.48. The maximum Gasteiger partial charge on any atom is 0.137 e. The molecule has 0 aliphatic carbocycles. The number of nitrogens with zero attached hydrogens (tertiary/aromatic N) is 3. The van der Waals surface area contributed by atoms with Crippen LogP contribution in [0.25, 0.3) is 0 Å². The van der Waals surface area contributed by atoms with Crippen LogP contribution in [-0.4, -0.2) is 29.1 Å². The first-order valence-corrected chi connectivity index (χ1v) is 8.55. The minimum atomic E-state index is 0.584. The van der Waals surface area contributed by atoms with Crippen molar-refractivity contribution in [2.24, 2.45) is 0 Å².